The van der Waals surface area contributed by atoms with Crippen molar-refractivity contribution in [1.29, 1.82) is 0 Å². The minimum absolute atomic E-state index is 0.0881. The zero-order valence-corrected chi connectivity index (χ0v) is 10.8. The van der Waals surface area contributed by atoms with Gasteiger partial charge in [-0.05, 0) is 42.2 Å². The molecule has 0 spiro atoms. The van der Waals surface area contributed by atoms with Crippen molar-refractivity contribution in [2.45, 2.75) is 12.8 Å². The molecule has 0 aliphatic carbocycles. The van der Waals surface area contributed by atoms with Gasteiger partial charge < -0.3 is 5.32 Å². The molecular formula is C16H16FNO. The number of carbonyl (C=O) groups excluding carboxylic acids is 1. The van der Waals surface area contributed by atoms with Crippen molar-refractivity contribution in [1.82, 2.24) is 5.32 Å². The van der Waals surface area contributed by atoms with Gasteiger partial charge in [0.1, 0.15) is 5.82 Å². The van der Waals surface area contributed by atoms with Gasteiger partial charge in [0, 0.05) is 12.6 Å². The number of rotatable bonds is 4. The third-order valence-corrected chi connectivity index (χ3v) is 3.06. The van der Waals surface area contributed by atoms with Crippen molar-refractivity contribution >= 4 is 5.91 Å². The lowest BCUT2D eigenvalue weighted by molar-refractivity contribution is 0.0962. The van der Waals surface area contributed by atoms with Crippen molar-refractivity contribution in [3.05, 3.63) is 71.0 Å². The number of benzene rings is 2. The highest BCUT2D eigenvalue weighted by atomic mass is 19.1. The predicted molar refractivity (Wildman–Crippen MR) is 73.6 cm³/mol. The van der Waals surface area contributed by atoms with Crippen LogP contribution >= 0.6 is 0 Å². The van der Waals surface area contributed by atoms with E-state index in [2.05, 4.69) is 5.32 Å². The summed E-state index contributed by atoms with van der Waals surface area (Å²) in [6.45, 7) is 0. The van der Waals surface area contributed by atoms with Gasteiger partial charge in [-0.1, -0.05) is 30.3 Å². The lowest BCUT2D eigenvalue weighted by Gasteiger charge is -2.08. The van der Waals surface area contributed by atoms with Crippen LogP contribution in [0.5, 0.6) is 0 Å². The molecule has 2 aromatic rings. The molecule has 0 aliphatic rings. The number of carbonyl (C=O) groups is 1. The highest BCUT2D eigenvalue weighted by Gasteiger charge is 2.08. The first-order chi connectivity index (χ1) is 9.20. The topological polar surface area (TPSA) is 29.1 Å². The quantitative estimate of drug-likeness (QED) is 0.896. The summed E-state index contributed by atoms with van der Waals surface area (Å²) in [5.41, 5.74) is 2.60. The second-order valence-corrected chi connectivity index (χ2v) is 4.37. The second-order valence-electron chi connectivity index (χ2n) is 4.37. The minimum Gasteiger partial charge on any atom is -0.355 e. The highest BCUT2D eigenvalue weighted by molar-refractivity contribution is 5.95. The molecule has 98 valence electrons. The molecule has 2 aromatic carbocycles. The molecule has 1 amide bonds. The van der Waals surface area contributed by atoms with Gasteiger partial charge in [-0.25, -0.2) is 4.39 Å². The van der Waals surface area contributed by atoms with E-state index in [1.54, 1.807) is 19.2 Å². The molecule has 2 nitrogen and oxygen atoms in total. The molecule has 0 heterocycles. The Morgan fingerprint density at radius 3 is 2.63 bits per heavy atom. The Labute approximate surface area is 112 Å². The number of hydrogen-bond acceptors (Lipinski definition) is 1. The first kappa shape index (κ1) is 13.3. The number of hydrogen-bond donors (Lipinski definition) is 1. The summed E-state index contributed by atoms with van der Waals surface area (Å²) in [5, 5.41) is 2.63. The van der Waals surface area contributed by atoms with E-state index in [4.69, 9.17) is 0 Å². The maximum absolute atomic E-state index is 13.1. The highest BCUT2D eigenvalue weighted by Crippen LogP contribution is 2.13. The molecule has 0 aromatic heterocycles. The largest absolute Gasteiger partial charge is 0.355 e. The SMILES string of the molecule is CNC(=O)c1ccccc1CCc1cccc(F)c1. The van der Waals surface area contributed by atoms with Crippen LogP contribution in [-0.4, -0.2) is 13.0 Å². The van der Waals surface area contributed by atoms with Crippen LogP contribution in [0.15, 0.2) is 48.5 Å². The summed E-state index contributed by atoms with van der Waals surface area (Å²) in [5.74, 6) is -0.313. The van der Waals surface area contributed by atoms with Gasteiger partial charge in [0.2, 0.25) is 0 Å². The molecule has 0 atom stereocenters. The lowest BCUT2D eigenvalue weighted by atomic mass is 9.99. The fraction of sp³-hybridized carbons (Fsp3) is 0.188. The average molecular weight is 257 g/mol. The Balaban J connectivity index is 2.13. The summed E-state index contributed by atoms with van der Waals surface area (Å²) >= 11 is 0. The van der Waals surface area contributed by atoms with E-state index >= 15 is 0 Å². The van der Waals surface area contributed by atoms with Crippen molar-refractivity contribution < 1.29 is 9.18 Å². The zero-order valence-electron chi connectivity index (χ0n) is 10.8. The van der Waals surface area contributed by atoms with E-state index in [1.807, 2.05) is 24.3 Å². The first-order valence-electron chi connectivity index (χ1n) is 6.25. The van der Waals surface area contributed by atoms with Crippen LogP contribution in [0, 0.1) is 5.82 Å². The number of halogens is 1. The molecule has 0 saturated carbocycles. The van der Waals surface area contributed by atoms with Gasteiger partial charge in [-0.15, -0.1) is 0 Å². The molecule has 19 heavy (non-hydrogen) atoms. The van der Waals surface area contributed by atoms with E-state index in [0.29, 0.717) is 18.4 Å². The van der Waals surface area contributed by atoms with Crippen molar-refractivity contribution in [2.24, 2.45) is 0 Å². The molecule has 0 radical (unpaired) electrons. The van der Waals surface area contributed by atoms with Crippen LogP contribution in [0.25, 0.3) is 0 Å². The average Bonchev–Trinajstić information content (AvgIpc) is 2.45. The number of nitrogens with one attached hydrogen (secondary N) is 1. The van der Waals surface area contributed by atoms with Crippen molar-refractivity contribution in [3.8, 4) is 0 Å². The molecule has 0 fully saturated rings. The molecule has 0 unspecified atom stereocenters. The van der Waals surface area contributed by atoms with Gasteiger partial charge in [-0.2, -0.15) is 0 Å². The molecule has 3 heteroatoms. The van der Waals surface area contributed by atoms with Gasteiger partial charge >= 0.3 is 0 Å². The summed E-state index contributed by atoms with van der Waals surface area (Å²) < 4.78 is 13.1. The van der Waals surface area contributed by atoms with Gasteiger partial charge in [0.25, 0.3) is 5.91 Å². The normalized spacial score (nSPS) is 10.2. The molecule has 0 aliphatic heterocycles. The standard InChI is InChI=1S/C16H16FNO/c1-18-16(19)15-8-3-2-6-13(15)10-9-12-5-4-7-14(17)11-12/h2-8,11H,9-10H2,1H3,(H,18,19). The Hall–Kier alpha value is -2.16. The monoisotopic (exact) mass is 257 g/mol. The minimum atomic E-state index is -0.225. The van der Waals surface area contributed by atoms with Crippen LogP contribution in [-0.2, 0) is 12.8 Å². The Kier molecular flexibility index (Phi) is 4.29. The lowest BCUT2D eigenvalue weighted by Crippen LogP contribution is -2.19. The third-order valence-electron chi connectivity index (χ3n) is 3.06. The Morgan fingerprint density at radius 1 is 1.11 bits per heavy atom. The summed E-state index contributed by atoms with van der Waals surface area (Å²) in [6, 6.07) is 14.1. The molecule has 2 rings (SSSR count). The van der Waals surface area contributed by atoms with Gasteiger partial charge in [-0.3, -0.25) is 4.79 Å². The fourth-order valence-corrected chi connectivity index (χ4v) is 2.07. The van der Waals surface area contributed by atoms with Crippen LogP contribution in [0.2, 0.25) is 0 Å². The summed E-state index contributed by atoms with van der Waals surface area (Å²) in [4.78, 5) is 11.7. The Bertz CT molecular complexity index is 580. The van der Waals surface area contributed by atoms with Gasteiger partial charge in [0.05, 0.1) is 0 Å². The summed E-state index contributed by atoms with van der Waals surface area (Å²) in [6.07, 6.45) is 1.43. The van der Waals surface area contributed by atoms with E-state index in [0.717, 1.165) is 11.1 Å². The van der Waals surface area contributed by atoms with Gasteiger partial charge in [0.15, 0.2) is 0 Å². The molecule has 0 saturated heterocycles. The van der Waals surface area contributed by atoms with Crippen LogP contribution in [0.4, 0.5) is 4.39 Å². The number of amides is 1. The maximum atomic E-state index is 13.1. The van der Waals surface area contributed by atoms with Crippen LogP contribution in [0.3, 0.4) is 0 Å². The van der Waals surface area contributed by atoms with E-state index in [9.17, 15) is 9.18 Å². The van der Waals surface area contributed by atoms with Crippen molar-refractivity contribution in [3.63, 3.8) is 0 Å². The third kappa shape index (κ3) is 3.41. The first-order valence-corrected chi connectivity index (χ1v) is 6.25. The maximum Gasteiger partial charge on any atom is 0.251 e. The molecule has 1 N–H and O–H groups in total. The summed E-state index contributed by atoms with van der Waals surface area (Å²) in [7, 11) is 1.62. The fourth-order valence-electron chi connectivity index (χ4n) is 2.07. The number of aryl methyl sites for hydroxylation is 2. The van der Waals surface area contributed by atoms with E-state index in [1.165, 1.54) is 12.1 Å². The molecular weight excluding hydrogens is 241 g/mol. The van der Waals surface area contributed by atoms with Crippen LogP contribution < -0.4 is 5.32 Å². The smallest absolute Gasteiger partial charge is 0.251 e. The predicted octanol–water partition coefficient (Wildman–Crippen LogP) is 2.97. The zero-order chi connectivity index (χ0) is 13.7. The van der Waals surface area contributed by atoms with E-state index < -0.39 is 0 Å². The van der Waals surface area contributed by atoms with Crippen LogP contribution in [0.1, 0.15) is 21.5 Å². The van der Waals surface area contributed by atoms with E-state index in [-0.39, 0.29) is 11.7 Å². The van der Waals surface area contributed by atoms with Crippen molar-refractivity contribution in [2.75, 3.05) is 7.05 Å². The second kappa shape index (κ2) is 6.14. The molecule has 0 bridgehead atoms. The Morgan fingerprint density at radius 2 is 1.89 bits per heavy atom.